The van der Waals surface area contributed by atoms with Crippen LogP contribution >= 0.6 is 11.3 Å². The van der Waals surface area contributed by atoms with Gasteiger partial charge in [-0.15, -0.1) is 10.2 Å². The highest BCUT2D eigenvalue weighted by Crippen LogP contribution is 2.34. The number of aromatic nitrogens is 2. The van der Waals surface area contributed by atoms with Crippen LogP contribution in [-0.4, -0.2) is 16.7 Å². The topological polar surface area (TPSA) is 37.8 Å². The predicted molar refractivity (Wildman–Crippen MR) is 49.5 cm³/mol. The van der Waals surface area contributed by atoms with Gasteiger partial charge in [0.15, 0.2) is 0 Å². The van der Waals surface area contributed by atoms with E-state index in [1.165, 1.54) is 0 Å². The summed E-state index contributed by atoms with van der Waals surface area (Å²) in [6, 6.07) is -0.0488. The first-order valence-electron chi connectivity index (χ1n) is 4.71. The average Bonchev–Trinajstić information content (AvgIpc) is 2.67. The monoisotopic (exact) mass is 237 g/mol. The van der Waals surface area contributed by atoms with Crippen LogP contribution in [0.2, 0.25) is 0 Å². The lowest BCUT2D eigenvalue weighted by atomic mass is 10.1. The zero-order valence-corrected chi connectivity index (χ0v) is 8.66. The molecule has 7 heteroatoms. The maximum absolute atomic E-state index is 12.3. The average molecular weight is 237 g/mol. The van der Waals surface area contributed by atoms with Gasteiger partial charge in [0, 0.05) is 0 Å². The van der Waals surface area contributed by atoms with Crippen molar-refractivity contribution in [3.05, 3.63) is 10.0 Å². The zero-order valence-electron chi connectivity index (χ0n) is 7.84. The van der Waals surface area contributed by atoms with Gasteiger partial charge in [-0.05, 0) is 19.4 Å². The van der Waals surface area contributed by atoms with Gasteiger partial charge in [0.05, 0.1) is 6.04 Å². The first kappa shape index (κ1) is 10.8. The molecule has 1 saturated heterocycles. The molecule has 2 rings (SSSR count). The highest BCUT2D eigenvalue weighted by atomic mass is 32.1. The third kappa shape index (κ3) is 2.46. The third-order valence-electron chi connectivity index (χ3n) is 2.29. The zero-order chi connectivity index (χ0) is 10.9. The molecule has 0 bridgehead atoms. The highest BCUT2D eigenvalue weighted by Gasteiger charge is 2.36. The van der Waals surface area contributed by atoms with Crippen LogP contribution in [0, 0.1) is 0 Å². The van der Waals surface area contributed by atoms with Gasteiger partial charge in [0.25, 0.3) is 0 Å². The first-order chi connectivity index (χ1) is 7.07. The Labute approximate surface area is 88.7 Å². The normalized spacial score (nSPS) is 23.0. The van der Waals surface area contributed by atoms with Crippen molar-refractivity contribution in [2.24, 2.45) is 0 Å². The maximum atomic E-state index is 12.3. The van der Waals surface area contributed by atoms with Crippen LogP contribution in [0.3, 0.4) is 0 Å². The molecule has 0 spiro atoms. The Kier molecular flexibility index (Phi) is 2.92. The molecule has 0 radical (unpaired) electrons. The van der Waals surface area contributed by atoms with Crippen molar-refractivity contribution in [3.63, 3.8) is 0 Å². The fourth-order valence-corrected chi connectivity index (χ4v) is 2.37. The van der Waals surface area contributed by atoms with Crippen LogP contribution in [0.5, 0.6) is 0 Å². The Bertz CT molecular complexity index is 330. The summed E-state index contributed by atoms with van der Waals surface area (Å²) in [5.41, 5.74) is 0. The minimum absolute atomic E-state index is 0.0488. The third-order valence-corrected chi connectivity index (χ3v) is 3.37. The van der Waals surface area contributed by atoms with E-state index in [1.807, 2.05) is 0 Å². The molecule has 1 atom stereocenters. The fraction of sp³-hybridized carbons (Fsp3) is 0.750. The summed E-state index contributed by atoms with van der Waals surface area (Å²) < 4.78 is 36.8. The van der Waals surface area contributed by atoms with Crippen molar-refractivity contribution in [2.75, 3.05) is 6.54 Å². The van der Waals surface area contributed by atoms with Crippen LogP contribution in [0.1, 0.15) is 35.3 Å². The molecule has 0 aromatic carbocycles. The number of hydrogen-bond donors (Lipinski definition) is 1. The molecule has 2 heterocycles. The van der Waals surface area contributed by atoms with Gasteiger partial charge in [-0.1, -0.05) is 17.8 Å². The second kappa shape index (κ2) is 4.05. The van der Waals surface area contributed by atoms with Crippen LogP contribution in [0.15, 0.2) is 0 Å². The summed E-state index contributed by atoms with van der Waals surface area (Å²) in [6.45, 7) is 0.839. The van der Waals surface area contributed by atoms with Gasteiger partial charge >= 0.3 is 6.18 Å². The molecule has 1 aliphatic rings. The Morgan fingerprint density at radius 3 is 2.60 bits per heavy atom. The van der Waals surface area contributed by atoms with Crippen molar-refractivity contribution in [2.45, 2.75) is 31.5 Å². The van der Waals surface area contributed by atoms with E-state index >= 15 is 0 Å². The second-order valence-electron chi connectivity index (χ2n) is 3.45. The molecule has 84 valence electrons. The number of alkyl halides is 3. The molecule has 3 nitrogen and oxygen atoms in total. The van der Waals surface area contributed by atoms with Gasteiger partial charge in [-0.2, -0.15) is 13.2 Å². The van der Waals surface area contributed by atoms with E-state index in [0.29, 0.717) is 16.3 Å². The molecule has 1 aromatic heterocycles. The Balaban J connectivity index is 2.12. The molecule has 0 saturated carbocycles. The highest BCUT2D eigenvalue weighted by molar-refractivity contribution is 7.11. The number of halogens is 3. The molecule has 1 N–H and O–H groups in total. The SMILES string of the molecule is FC(F)(F)c1nnc(C2CCCCN2)s1. The van der Waals surface area contributed by atoms with Gasteiger partial charge in [0.1, 0.15) is 5.01 Å². The van der Waals surface area contributed by atoms with Crippen molar-refractivity contribution < 1.29 is 13.2 Å². The molecule has 1 aromatic rings. The van der Waals surface area contributed by atoms with E-state index < -0.39 is 11.2 Å². The summed E-state index contributed by atoms with van der Waals surface area (Å²) in [5, 5.41) is 9.49. The molecule has 15 heavy (non-hydrogen) atoms. The molecule has 0 amide bonds. The summed E-state index contributed by atoms with van der Waals surface area (Å²) in [7, 11) is 0. The van der Waals surface area contributed by atoms with E-state index in [-0.39, 0.29) is 6.04 Å². The lowest BCUT2D eigenvalue weighted by molar-refractivity contribution is -0.138. The molecular formula is C8H10F3N3S. The van der Waals surface area contributed by atoms with E-state index in [1.54, 1.807) is 0 Å². The predicted octanol–water partition coefficient (Wildman–Crippen LogP) is 2.37. The molecular weight excluding hydrogens is 227 g/mol. The van der Waals surface area contributed by atoms with Crippen LogP contribution in [0.4, 0.5) is 13.2 Å². The number of piperidine rings is 1. The standard InChI is InChI=1S/C8H10F3N3S/c9-8(10,11)7-14-13-6(15-7)5-3-1-2-4-12-5/h5,12H,1-4H2. The summed E-state index contributed by atoms with van der Waals surface area (Å²) in [6.07, 6.45) is -1.43. The lowest BCUT2D eigenvalue weighted by Gasteiger charge is -2.20. The molecule has 1 aliphatic heterocycles. The largest absolute Gasteiger partial charge is 0.445 e. The minimum atomic E-state index is -4.37. The van der Waals surface area contributed by atoms with Gasteiger partial charge in [-0.25, -0.2) is 0 Å². The Morgan fingerprint density at radius 1 is 1.27 bits per heavy atom. The molecule has 0 aliphatic carbocycles. The summed E-state index contributed by atoms with van der Waals surface area (Å²) >= 11 is 0.637. The summed E-state index contributed by atoms with van der Waals surface area (Å²) in [4.78, 5) is 0. The number of hydrogen-bond acceptors (Lipinski definition) is 4. The van der Waals surface area contributed by atoms with Crippen molar-refractivity contribution >= 4 is 11.3 Å². The first-order valence-corrected chi connectivity index (χ1v) is 5.53. The lowest BCUT2D eigenvalue weighted by Crippen LogP contribution is -2.26. The van der Waals surface area contributed by atoms with Gasteiger partial charge in [0.2, 0.25) is 5.01 Å². The smallest absolute Gasteiger partial charge is 0.308 e. The van der Waals surface area contributed by atoms with Crippen molar-refractivity contribution in [3.8, 4) is 0 Å². The van der Waals surface area contributed by atoms with Crippen LogP contribution in [-0.2, 0) is 6.18 Å². The Hall–Kier alpha value is -0.690. The number of rotatable bonds is 1. The molecule has 1 unspecified atom stereocenters. The quantitative estimate of drug-likeness (QED) is 0.814. The minimum Gasteiger partial charge on any atom is -0.308 e. The van der Waals surface area contributed by atoms with Crippen molar-refractivity contribution in [1.29, 1.82) is 0 Å². The van der Waals surface area contributed by atoms with Gasteiger partial charge in [-0.3, -0.25) is 0 Å². The van der Waals surface area contributed by atoms with E-state index in [4.69, 9.17) is 0 Å². The van der Waals surface area contributed by atoms with E-state index in [2.05, 4.69) is 15.5 Å². The Morgan fingerprint density at radius 2 is 2.07 bits per heavy atom. The van der Waals surface area contributed by atoms with E-state index in [0.717, 1.165) is 25.8 Å². The summed E-state index contributed by atoms with van der Waals surface area (Å²) in [5.74, 6) is 0. The molecule has 1 fully saturated rings. The van der Waals surface area contributed by atoms with Crippen LogP contribution < -0.4 is 5.32 Å². The maximum Gasteiger partial charge on any atom is 0.445 e. The number of nitrogens with zero attached hydrogens (tertiary/aromatic N) is 2. The number of nitrogens with one attached hydrogen (secondary N) is 1. The second-order valence-corrected chi connectivity index (χ2v) is 4.45. The van der Waals surface area contributed by atoms with Gasteiger partial charge < -0.3 is 5.32 Å². The van der Waals surface area contributed by atoms with Crippen molar-refractivity contribution in [1.82, 2.24) is 15.5 Å². The fourth-order valence-electron chi connectivity index (χ4n) is 1.55. The van der Waals surface area contributed by atoms with Crippen LogP contribution in [0.25, 0.3) is 0 Å². The van der Waals surface area contributed by atoms with E-state index in [9.17, 15) is 13.2 Å².